The molecule has 1 aromatic carbocycles. The summed E-state index contributed by atoms with van der Waals surface area (Å²) in [5, 5.41) is 14.2. The Hall–Kier alpha value is -1.62. The van der Waals surface area contributed by atoms with Crippen molar-refractivity contribution in [3.8, 4) is 5.75 Å². The van der Waals surface area contributed by atoms with Gasteiger partial charge in [-0.25, -0.2) is 0 Å². The number of nitrogens with zero attached hydrogens (tertiary/aromatic N) is 1. The van der Waals surface area contributed by atoms with Gasteiger partial charge in [0, 0.05) is 12.6 Å². The quantitative estimate of drug-likeness (QED) is 0.641. The predicted molar refractivity (Wildman–Crippen MR) is 80.0 cm³/mol. The Labute approximate surface area is 120 Å². The second kappa shape index (κ2) is 6.70. The number of methoxy groups -OCH3 is 1. The van der Waals surface area contributed by atoms with E-state index < -0.39 is 4.92 Å². The zero-order valence-electron chi connectivity index (χ0n) is 12.9. The highest BCUT2D eigenvalue weighted by atomic mass is 16.6. The molecule has 0 amide bonds. The van der Waals surface area contributed by atoms with E-state index in [1.165, 1.54) is 13.2 Å². The van der Waals surface area contributed by atoms with Gasteiger partial charge in [-0.15, -0.1) is 0 Å². The lowest BCUT2D eigenvalue weighted by Gasteiger charge is -2.27. The Kier molecular flexibility index (Phi) is 5.51. The molecule has 0 saturated carbocycles. The normalized spacial score (nSPS) is 13.1. The monoisotopic (exact) mass is 280 g/mol. The molecule has 1 atom stereocenters. The van der Waals surface area contributed by atoms with Gasteiger partial charge in [0.15, 0.2) is 0 Å². The van der Waals surface area contributed by atoms with Crippen LogP contribution >= 0.6 is 0 Å². The molecular weight excluding hydrogens is 256 g/mol. The molecule has 1 unspecified atom stereocenters. The van der Waals surface area contributed by atoms with E-state index in [9.17, 15) is 10.1 Å². The van der Waals surface area contributed by atoms with Gasteiger partial charge in [0.25, 0.3) is 5.69 Å². The standard InChI is InChI=1S/C15H24N2O3/c1-11(15(2,3)4)9-16-10-12-6-13(17(18)19)8-14(7-12)20-5/h6-8,11,16H,9-10H2,1-5H3. The van der Waals surface area contributed by atoms with Crippen molar-refractivity contribution in [3.63, 3.8) is 0 Å². The highest BCUT2D eigenvalue weighted by molar-refractivity contribution is 5.42. The van der Waals surface area contributed by atoms with E-state index in [-0.39, 0.29) is 11.1 Å². The smallest absolute Gasteiger partial charge is 0.273 e. The number of hydrogen-bond donors (Lipinski definition) is 1. The first kappa shape index (κ1) is 16.4. The summed E-state index contributed by atoms with van der Waals surface area (Å²) in [6, 6.07) is 4.83. The molecular formula is C15H24N2O3. The van der Waals surface area contributed by atoms with Crippen molar-refractivity contribution in [3.05, 3.63) is 33.9 Å². The molecule has 0 aromatic heterocycles. The summed E-state index contributed by atoms with van der Waals surface area (Å²) in [5.74, 6) is 1.03. The minimum absolute atomic E-state index is 0.0602. The van der Waals surface area contributed by atoms with Crippen LogP contribution in [0, 0.1) is 21.4 Å². The maximum atomic E-state index is 10.9. The molecule has 20 heavy (non-hydrogen) atoms. The fraction of sp³-hybridized carbons (Fsp3) is 0.600. The van der Waals surface area contributed by atoms with Gasteiger partial charge in [-0.1, -0.05) is 27.7 Å². The fourth-order valence-electron chi connectivity index (χ4n) is 1.71. The van der Waals surface area contributed by atoms with Crippen LogP contribution in [0.15, 0.2) is 18.2 Å². The number of rotatable bonds is 6. The number of hydrogen-bond acceptors (Lipinski definition) is 4. The molecule has 112 valence electrons. The third kappa shape index (κ3) is 4.81. The van der Waals surface area contributed by atoms with Crippen LogP contribution in [0.3, 0.4) is 0 Å². The third-order valence-corrected chi connectivity index (χ3v) is 3.66. The van der Waals surface area contributed by atoms with Crippen LogP contribution in [0.5, 0.6) is 5.75 Å². The molecule has 0 aliphatic heterocycles. The van der Waals surface area contributed by atoms with Crippen molar-refractivity contribution >= 4 is 5.69 Å². The molecule has 0 aliphatic rings. The molecule has 5 heteroatoms. The average molecular weight is 280 g/mol. The molecule has 5 nitrogen and oxygen atoms in total. The molecule has 0 spiro atoms. The topological polar surface area (TPSA) is 64.4 Å². The molecule has 0 heterocycles. The second-order valence-corrected chi connectivity index (χ2v) is 6.19. The molecule has 0 aliphatic carbocycles. The van der Waals surface area contributed by atoms with Gasteiger partial charge in [0.1, 0.15) is 5.75 Å². The van der Waals surface area contributed by atoms with Gasteiger partial charge in [-0.2, -0.15) is 0 Å². The van der Waals surface area contributed by atoms with Gasteiger partial charge < -0.3 is 10.1 Å². The van der Waals surface area contributed by atoms with E-state index in [0.717, 1.165) is 12.1 Å². The van der Waals surface area contributed by atoms with Crippen molar-refractivity contribution in [1.29, 1.82) is 0 Å². The first-order valence-corrected chi connectivity index (χ1v) is 6.77. The maximum Gasteiger partial charge on any atom is 0.273 e. The summed E-state index contributed by atoms with van der Waals surface area (Å²) in [4.78, 5) is 10.5. The van der Waals surface area contributed by atoms with Crippen molar-refractivity contribution in [1.82, 2.24) is 5.32 Å². The Morgan fingerprint density at radius 3 is 2.50 bits per heavy atom. The summed E-state index contributed by atoms with van der Waals surface area (Å²) >= 11 is 0. The van der Waals surface area contributed by atoms with E-state index in [1.54, 1.807) is 6.07 Å². The average Bonchev–Trinajstić information content (AvgIpc) is 2.37. The molecule has 0 saturated heterocycles. The van der Waals surface area contributed by atoms with Crippen molar-refractivity contribution in [2.45, 2.75) is 34.2 Å². The molecule has 0 fully saturated rings. The Balaban J connectivity index is 2.68. The SMILES string of the molecule is COc1cc(CNCC(C)C(C)(C)C)cc([N+](=O)[O-])c1. The van der Waals surface area contributed by atoms with Crippen molar-refractivity contribution < 1.29 is 9.66 Å². The molecule has 0 radical (unpaired) electrons. The highest BCUT2D eigenvalue weighted by Gasteiger charge is 2.19. The van der Waals surface area contributed by atoms with Crippen molar-refractivity contribution in [2.24, 2.45) is 11.3 Å². The van der Waals surface area contributed by atoms with E-state index in [2.05, 4.69) is 33.0 Å². The van der Waals surface area contributed by atoms with E-state index in [1.807, 2.05) is 6.07 Å². The molecule has 0 bridgehead atoms. The van der Waals surface area contributed by atoms with Crippen LogP contribution in [0.4, 0.5) is 5.69 Å². The summed E-state index contributed by atoms with van der Waals surface area (Å²) in [5.41, 5.74) is 1.16. The van der Waals surface area contributed by atoms with Crippen LogP contribution in [0.1, 0.15) is 33.3 Å². The first-order valence-electron chi connectivity index (χ1n) is 6.77. The van der Waals surface area contributed by atoms with Crippen LogP contribution < -0.4 is 10.1 Å². The van der Waals surface area contributed by atoms with E-state index in [0.29, 0.717) is 18.2 Å². The minimum Gasteiger partial charge on any atom is -0.496 e. The van der Waals surface area contributed by atoms with Crippen molar-refractivity contribution in [2.75, 3.05) is 13.7 Å². The van der Waals surface area contributed by atoms with Gasteiger partial charge in [0.05, 0.1) is 18.1 Å². The number of non-ortho nitro benzene ring substituents is 1. The molecule has 1 N–H and O–H groups in total. The zero-order valence-corrected chi connectivity index (χ0v) is 12.9. The maximum absolute atomic E-state index is 10.9. The van der Waals surface area contributed by atoms with Gasteiger partial charge in [-0.3, -0.25) is 10.1 Å². The molecule has 1 rings (SSSR count). The fourth-order valence-corrected chi connectivity index (χ4v) is 1.71. The lowest BCUT2D eigenvalue weighted by atomic mass is 9.82. The van der Waals surface area contributed by atoms with Crippen LogP contribution in [-0.2, 0) is 6.54 Å². The van der Waals surface area contributed by atoms with E-state index >= 15 is 0 Å². The van der Waals surface area contributed by atoms with Gasteiger partial charge >= 0.3 is 0 Å². The Morgan fingerprint density at radius 1 is 1.35 bits per heavy atom. The largest absolute Gasteiger partial charge is 0.496 e. The number of nitrogens with one attached hydrogen (secondary N) is 1. The summed E-state index contributed by atoms with van der Waals surface area (Å²) in [6.07, 6.45) is 0. The number of nitro groups is 1. The van der Waals surface area contributed by atoms with Crippen LogP contribution in [0.2, 0.25) is 0 Å². The summed E-state index contributed by atoms with van der Waals surface area (Å²) in [7, 11) is 1.51. The Morgan fingerprint density at radius 2 is 2.00 bits per heavy atom. The lowest BCUT2D eigenvalue weighted by Crippen LogP contribution is -2.29. The highest BCUT2D eigenvalue weighted by Crippen LogP contribution is 2.25. The van der Waals surface area contributed by atoms with Gasteiger partial charge in [0.2, 0.25) is 0 Å². The van der Waals surface area contributed by atoms with E-state index in [4.69, 9.17) is 4.74 Å². The van der Waals surface area contributed by atoms with Gasteiger partial charge in [-0.05, 0) is 29.5 Å². The first-order chi connectivity index (χ1) is 9.24. The predicted octanol–water partition coefficient (Wildman–Crippen LogP) is 3.38. The van der Waals surface area contributed by atoms with Crippen LogP contribution in [0.25, 0.3) is 0 Å². The lowest BCUT2D eigenvalue weighted by molar-refractivity contribution is -0.385. The number of benzene rings is 1. The molecule has 1 aromatic rings. The zero-order chi connectivity index (χ0) is 15.3. The minimum atomic E-state index is -0.399. The van der Waals surface area contributed by atoms with Crippen LogP contribution in [-0.4, -0.2) is 18.6 Å². The number of nitro benzene ring substituents is 1. The second-order valence-electron chi connectivity index (χ2n) is 6.19. The summed E-state index contributed by atoms with van der Waals surface area (Å²) in [6.45, 7) is 10.3. The Bertz CT molecular complexity index is 467. The number of ether oxygens (including phenoxy) is 1. The third-order valence-electron chi connectivity index (χ3n) is 3.66. The summed E-state index contributed by atoms with van der Waals surface area (Å²) < 4.78 is 5.10.